The second-order valence-electron chi connectivity index (χ2n) is 4.24. The molecule has 1 aromatic carbocycles. The first-order valence-electron chi connectivity index (χ1n) is 5.99. The molecule has 2 aromatic rings. The van der Waals surface area contributed by atoms with Crippen molar-refractivity contribution in [2.75, 3.05) is 6.54 Å². The first-order valence-corrected chi connectivity index (χ1v) is 5.99. The summed E-state index contributed by atoms with van der Waals surface area (Å²) in [6, 6.07) is 12.2. The number of nitrogens with zero attached hydrogens (tertiary/aromatic N) is 3. The Balaban J connectivity index is 2.07. The molecule has 0 amide bonds. The van der Waals surface area contributed by atoms with Crippen molar-refractivity contribution in [2.45, 2.75) is 13.5 Å². The molecule has 1 heterocycles. The van der Waals surface area contributed by atoms with Crippen molar-refractivity contribution in [1.82, 2.24) is 15.1 Å². The molecular weight excluding hydrogens is 224 g/mol. The van der Waals surface area contributed by atoms with Crippen LogP contribution in [0.3, 0.4) is 0 Å². The molecule has 1 atom stereocenters. The van der Waals surface area contributed by atoms with Gasteiger partial charge in [0.1, 0.15) is 0 Å². The molecule has 1 unspecified atom stereocenters. The van der Waals surface area contributed by atoms with Crippen LogP contribution in [0.4, 0.5) is 0 Å². The molecule has 2 rings (SSSR count). The predicted octanol–water partition coefficient (Wildman–Crippen LogP) is 2.12. The molecule has 0 bridgehead atoms. The van der Waals surface area contributed by atoms with Gasteiger partial charge in [0.05, 0.1) is 17.7 Å². The van der Waals surface area contributed by atoms with E-state index in [2.05, 4.69) is 22.6 Å². The minimum absolute atomic E-state index is 0.0295. The number of hydrogen-bond donors (Lipinski definition) is 1. The number of benzene rings is 1. The van der Waals surface area contributed by atoms with Gasteiger partial charge in [-0.1, -0.05) is 18.2 Å². The quantitative estimate of drug-likeness (QED) is 0.871. The minimum atomic E-state index is 0.0295. The zero-order valence-electron chi connectivity index (χ0n) is 10.4. The van der Waals surface area contributed by atoms with Gasteiger partial charge in [-0.25, -0.2) is 4.68 Å². The molecule has 18 heavy (non-hydrogen) atoms. The van der Waals surface area contributed by atoms with Crippen LogP contribution in [0.2, 0.25) is 0 Å². The molecule has 0 aliphatic rings. The Morgan fingerprint density at radius 3 is 2.94 bits per heavy atom. The molecule has 1 aromatic heterocycles. The van der Waals surface area contributed by atoms with Crippen LogP contribution in [0, 0.1) is 17.2 Å². The van der Waals surface area contributed by atoms with Crippen molar-refractivity contribution in [1.29, 1.82) is 5.26 Å². The fourth-order valence-corrected chi connectivity index (χ4v) is 1.76. The lowest BCUT2D eigenvalue weighted by atomic mass is 10.1. The van der Waals surface area contributed by atoms with Gasteiger partial charge in [-0.2, -0.15) is 10.4 Å². The van der Waals surface area contributed by atoms with E-state index in [-0.39, 0.29) is 5.92 Å². The van der Waals surface area contributed by atoms with Crippen LogP contribution < -0.4 is 5.32 Å². The number of nitrogens with one attached hydrogen (secondary N) is 1. The highest BCUT2D eigenvalue weighted by Crippen LogP contribution is 2.13. The Morgan fingerprint density at radius 1 is 1.39 bits per heavy atom. The van der Waals surface area contributed by atoms with Crippen molar-refractivity contribution in [3.05, 3.63) is 48.3 Å². The lowest BCUT2D eigenvalue weighted by molar-refractivity contribution is 0.599. The lowest BCUT2D eigenvalue weighted by Gasteiger charge is -2.11. The highest BCUT2D eigenvalue weighted by molar-refractivity contribution is 5.40. The van der Waals surface area contributed by atoms with Crippen LogP contribution >= 0.6 is 0 Å². The number of rotatable bonds is 5. The summed E-state index contributed by atoms with van der Waals surface area (Å²) in [6.45, 7) is 3.35. The van der Waals surface area contributed by atoms with Gasteiger partial charge in [0.2, 0.25) is 0 Å². The fraction of sp³-hybridized carbons (Fsp3) is 0.286. The second-order valence-corrected chi connectivity index (χ2v) is 4.24. The van der Waals surface area contributed by atoms with Crippen LogP contribution in [-0.2, 0) is 6.54 Å². The molecule has 0 spiro atoms. The summed E-state index contributed by atoms with van der Waals surface area (Å²) in [6.07, 6.45) is 3.69. The van der Waals surface area contributed by atoms with E-state index in [9.17, 15) is 0 Å². The molecule has 92 valence electrons. The molecule has 4 heteroatoms. The third kappa shape index (κ3) is 2.96. The molecule has 0 aliphatic carbocycles. The Bertz CT molecular complexity index is 525. The van der Waals surface area contributed by atoms with Crippen molar-refractivity contribution in [3.63, 3.8) is 0 Å². The predicted molar refractivity (Wildman–Crippen MR) is 70.0 cm³/mol. The SMILES string of the molecule is CC(C#N)CNCc1ccccc1-n1cccn1. The van der Waals surface area contributed by atoms with Gasteiger partial charge in [-0.15, -0.1) is 0 Å². The van der Waals surface area contributed by atoms with Gasteiger partial charge < -0.3 is 5.32 Å². The fourth-order valence-electron chi connectivity index (χ4n) is 1.76. The Labute approximate surface area is 107 Å². The molecule has 0 radical (unpaired) electrons. The van der Waals surface area contributed by atoms with Crippen LogP contribution in [0.5, 0.6) is 0 Å². The molecular formula is C14H16N4. The topological polar surface area (TPSA) is 53.6 Å². The van der Waals surface area contributed by atoms with Crippen LogP contribution in [-0.4, -0.2) is 16.3 Å². The summed E-state index contributed by atoms with van der Waals surface area (Å²) in [4.78, 5) is 0. The molecule has 0 fully saturated rings. The van der Waals surface area contributed by atoms with Gasteiger partial charge in [-0.3, -0.25) is 0 Å². The van der Waals surface area contributed by atoms with Gasteiger partial charge >= 0.3 is 0 Å². The Morgan fingerprint density at radius 2 is 2.22 bits per heavy atom. The average molecular weight is 240 g/mol. The Hall–Kier alpha value is -2.12. The highest BCUT2D eigenvalue weighted by atomic mass is 15.3. The maximum atomic E-state index is 8.73. The number of aromatic nitrogens is 2. The number of hydrogen-bond acceptors (Lipinski definition) is 3. The maximum absolute atomic E-state index is 8.73. The second kappa shape index (κ2) is 5.99. The van der Waals surface area contributed by atoms with Crippen molar-refractivity contribution < 1.29 is 0 Å². The van der Waals surface area contributed by atoms with E-state index in [1.165, 1.54) is 5.56 Å². The minimum Gasteiger partial charge on any atom is -0.311 e. The number of para-hydroxylation sites is 1. The largest absolute Gasteiger partial charge is 0.311 e. The molecule has 0 aliphatic heterocycles. The van der Waals surface area contributed by atoms with E-state index < -0.39 is 0 Å². The van der Waals surface area contributed by atoms with E-state index in [0.717, 1.165) is 12.2 Å². The summed E-state index contributed by atoms with van der Waals surface area (Å²) < 4.78 is 1.85. The summed E-state index contributed by atoms with van der Waals surface area (Å²) in [5.41, 5.74) is 2.24. The van der Waals surface area contributed by atoms with Crippen LogP contribution in [0.1, 0.15) is 12.5 Å². The van der Waals surface area contributed by atoms with E-state index in [4.69, 9.17) is 5.26 Å². The average Bonchev–Trinajstić information content (AvgIpc) is 2.93. The first kappa shape index (κ1) is 12.3. The normalized spacial score (nSPS) is 12.0. The van der Waals surface area contributed by atoms with Crippen molar-refractivity contribution in [3.8, 4) is 11.8 Å². The van der Waals surface area contributed by atoms with Crippen molar-refractivity contribution >= 4 is 0 Å². The van der Waals surface area contributed by atoms with E-state index in [1.54, 1.807) is 6.20 Å². The summed E-state index contributed by atoms with van der Waals surface area (Å²) >= 11 is 0. The molecule has 0 saturated carbocycles. The van der Waals surface area contributed by atoms with Gasteiger partial charge in [0, 0.05) is 25.5 Å². The maximum Gasteiger partial charge on any atom is 0.0690 e. The summed E-state index contributed by atoms with van der Waals surface area (Å²) in [7, 11) is 0. The number of nitriles is 1. The van der Waals surface area contributed by atoms with Gasteiger partial charge in [0.25, 0.3) is 0 Å². The lowest BCUT2D eigenvalue weighted by Crippen LogP contribution is -2.20. The van der Waals surface area contributed by atoms with E-state index in [1.807, 2.05) is 42.1 Å². The zero-order valence-corrected chi connectivity index (χ0v) is 10.4. The van der Waals surface area contributed by atoms with E-state index in [0.29, 0.717) is 6.54 Å². The van der Waals surface area contributed by atoms with Crippen LogP contribution in [0.25, 0.3) is 5.69 Å². The molecule has 4 nitrogen and oxygen atoms in total. The van der Waals surface area contributed by atoms with Gasteiger partial charge in [0.15, 0.2) is 0 Å². The summed E-state index contributed by atoms with van der Waals surface area (Å²) in [5, 5.41) is 16.3. The van der Waals surface area contributed by atoms with Crippen LogP contribution in [0.15, 0.2) is 42.7 Å². The zero-order chi connectivity index (χ0) is 12.8. The Kier molecular flexibility index (Phi) is 4.11. The molecule has 1 N–H and O–H groups in total. The standard InChI is InChI=1S/C14H16N4/c1-12(9-15)10-16-11-13-5-2-3-6-14(13)18-8-4-7-17-18/h2-8,12,16H,10-11H2,1H3. The third-order valence-corrected chi connectivity index (χ3v) is 2.73. The smallest absolute Gasteiger partial charge is 0.0690 e. The highest BCUT2D eigenvalue weighted by Gasteiger charge is 2.04. The van der Waals surface area contributed by atoms with Crippen molar-refractivity contribution in [2.24, 2.45) is 5.92 Å². The van der Waals surface area contributed by atoms with E-state index >= 15 is 0 Å². The van der Waals surface area contributed by atoms with Gasteiger partial charge in [-0.05, 0) is 24.6 Å². The monoisotopic (exact) mass is 240 g/mol. The third-order valence-electron chi connectivity index (χ3n) is 2.73. The molecule has 0 saturated heterocycles. The summed E-state index contributed by atoms with van der Waals surface area (Å²) in [5.74, 6) is 0.0295. The first-order chi connectivity index (χ1) is 8.81.